The number of aryl methyl sites for hydroxylation is 1. The molecular weight excluding hydrogens is 224 g/mol. The van der Waals surface area contributed by atoms with Gasteiger partial charge < -0.3 is 4.74 Å². The Morgan fingerprint density at radius 1 is 1.44 bits per heavy atom. The second-order valence-electron chi connectivity index (χ2n) is 5.17. The molecule has 0 aromatic heterocycles. The number of rotatable bonds is 6. The van der Waals surface area contributed by atoms with Crippen LogP contribution >= 0.6 is 0 Å². The monoisotopic (exact) mass is 248 g/mol. The molecule has 3 N–H and O–H groups in total. The third-order valence-electron chi connectivity index (χ3n) is 3.97. The molecule has 2 rings (SSSR count). The van der Waals surface area contributed by atoms with Crippen molar-refractivity contribution in [1.82, 2.24) is 5.43 Å². The van der Waals surface area contributed by atoms with Crippen molar-refractivity contribution in [3.05, 3.63) is 35.4 Å². The highest BCUT2D eigenvalue weighted by atomic mass is 16.5. The number of ether oxygens (including phenoxy) is 1. The van der Waals surface area contributed by atoms with Gasteiger partial charge in [-0.25, -0.2) is 0 Å². The summed E-state index contributed by atoms with van der Waals surface area (Å²) in [7, 11) is 1.74. The molecule has 0 bridgehead atoms. The number of hydrogen-bond acceptors (Lipinski definition) is 3. The van der Waals surface area contributed by atoms with Gasteiger partial charge in [-0.1, -0.05) is 24.3 Å². The molecule has 0 aliphatic heterocycles. The van der Waals surface area contributed by atoms with Crippen LogP contribution in [-0.2, 0) is 11.2 Å². The summed E-state index contributed by atoms with van der Waals surface area (Å²) in [5.74, 6) is 6.29. The number of nitrogens with one attached hydrogen (secondary N) is 1. The van der Waals surface area contributed by atoms with Crippen LogP contribution in [-0.4, -0.2) is 19.8 Å². The lowest BCUT2D eigenvalue weighted by Gasteiger charge is -2.28. The minimum Gasteiger partial charge on any atom is -0.385 e. The van der Waals surface area contributed by atoms with Gasteiger partial charge in [-0.3, -0.25) is 11.3 Å². The fraction of sp³-hybridized carbons (Fsp3) is 0.600. The molecule has 100 valence electrons. The molecule has 3 nitrogen and oxygen atoms in total. The molecule has 1 aliphatic rings. The van der Waals surface area contributed by atoms with E-state index in [1.807, 2.05) is 0 Å². The highest BCUT2D eigenvalue weighted by Gasteiger charge is 2.22. The SMILES string of the molecule is COCCC(CC1CCCc2ccccc21)NN. The molecule has 1 aliphatic carbocycles. The predicted octanol–water partition coefficient (Wildman–Crippen LogP) is 2.37. The molecule has 0 saturated heterocycles. The average molecular weight is 248 g/mol. The Kier molecular flexibility index (Phi) is 5.17. The number of nitrogens with two attached hydrogens (primary N) is 1. The minimum atomic E-state index is 0.348. The fourth-order valence-corrected chi connectivity index (χ4v) is 2.97. The summed E-state index contributed by atoms with van der Waals surface area (Å²) in [5.41, 5.74) is 5.99. The normalized spacial score (nSPS) is 20.4. The summed E-state index contributed by atoms with van der Waals surface area (Å²) in [5, 5.41) is 0. The van der Waals surface area contributed by atoms with E-state index in [-0.39, 0.29) is 0 Å². The van der Waals surface area contributed by atoms with E-state index in [1.165, 1.54) is 30.4 Å². The molecule has 18 heavy (non-hydrogen) atoms. The van der Waals surface area contributed by atoms with Crippen LogP contribution in [0.15, 0.2) is 24.3 Å². The van der Waals surface area contributed by atoms with Crippen molar-refractivity contribution in [3.8, 4) is 0 Å². The predicted molar refractivity (Wildman–Crippen MR) is 74.3 cm³/mol. The van der Waals surface area contributed by atoms with Gasteiger partial charge >= 0.3 is 0 Å². The number of hydrazine groups is 1. The fourth-order valence-electron chi connectivity index (χ4n) is 2.97. The first-order valence-corrected chi connectivity index (χ1v) is 6.88. The summed E-state index contributed by atoms with van der Waals surface area (Å²) >= 11 is 0. The quantitative estimate of drug-likeness (QED) is 0.600. The van der Waals surface area contributed by atoms with Gasteiger partial charge in [0.25, 0.3) is 0 Å². The van der Waals surface area contributed by atoms with E-state index >= 15 is 0 Å². The lowest BCUT2D eigenvalue weighted by atomic mass is 9.79. The van der Waals surface area contributed by atoms with Gasteiger partial charge in [0.1, 0.15) is 0 Å². The van der Waals surface area contributed by atoms with Crippen LogP contribution in [0.1, 0.15) is 42.7 Å². The Bertz CT molecular complexity index is 367. The Balaban J connectivity index is 2.01. The van der Waals surface area contributed by atoms with Gasteiger partial charge in [0, 0.05) is 19.8 Å². The summed E-state index contributed by atoms with van der Waals surface area (Å²) < 4.78 is 5.14. The van der Waals surface area contributed by atoms with Crippen molar-refractivity contribution >= 4 is 0 Å². The van der Waals surface area contributed by atoms with E-state index in [0.29, 0.717) is 12.0 Å². The van der Waals surface area contributed by atoms with E-state index in [0.717, 1.165) is 19.4 Å². The molecule has 1 aromatic rings. The van der Waals surface area contributed by atoms with Gasteiger partial charge in [-0.15, -0.1) is 0 Å². The number of methoxy groups -OCH3 is 1. The van der Waals surface area contributed by atoms with Gasteiger partial charge in [-0.05, 0) is 49.1 Å². The highest BCUT2D eigenvalue weighted by molar-refractivity contribution is 5.32. The number of benzene rings is 1. The lowest BCUT2D eigenvalue weighted by molar-refractivity contribution is 0.179. The zero-order chi connectivity index (χ0) is 12.8. The maximum absolute atomic E-state index is 5.65. The molecule has 3 heteroatoms. The van der Waals surface area contributed by atoms with Crippen molar-refractivity contribution in [2.75, 3.05) is 13.7 Å². The highest BCUT2D eigenvalue weighted by Crippen LogP contribution is 2.34. The van der Waals surface area contributed by atoms with Gasteiger partial charge in [0.15, 0.2) is 0 Å². The second-order valence-corrected chi connectivity index (χ2v) is 5.17. The van der Waals surface area contributed by atoms with E-state index in [4.69, 9.17) is 10.6 Å². The molecule has 0 spiro atoms. The summed E-state index contributed by atoms with van der Waals surface area (Å²) in [6.45, 7) is 0.767. The second kappa shape index (κ2) is 6.88. The Morgan fingerprint density at radius 2 is 2.28 bits per heavy atom. The van der Waals surface area contributed by atoms with Crippen molar-refractivity contribution in [1.29, 1.82) is 0 Å². The average Bonchev–Trinajstić information content (AvgIpc) is 2.43. The van der Waals surface area contributed by atoms with Gasteiger partial charge in [0.2, 0.25) is 0 Å². The molecule has 0 fully saturated rings. The zero-order valence-corrected chi connectivity index (χ0v) is 11.2. The van der Waals surface area contributed by atoms with Crippen LogP contribution in [0.4, 0.5) is 0 Å². The Morgan fingerprint density at radius 3 is 3.06 bits per heavy atom. The van der Waals surface area contributed by atoms with Gasteiger partial charge in [-0.2, -0.15) is 0 Å². The first-order chi connectivity index (χ1) is 8.85. The van der Waals surface area contributed by atoms with Gasteiger partial charge in [0.05, 0.1) is 0 Å². The van der Waals surface area contributed by atoms with Crippen molar-refractivity contribution in [3.63, 3.8) is 0 Å². The smallest absolute Gasteiger partial charge is 0.0477 e. The topological polar surface area (TPSA) is 47.3 Å². The number of hydrogen-bond donors (Lipinski definition) is 2. The summed E-state index contributed by atoms with van der Waals surface area (Å²) in [6, 6.07) is 9.19. The van der Waals surface area contributed by atoms with Crippen LogP contribution in [0.3, 0.4) is 0 Å². The van der Waals surface area contributed by atoms with E-state index in [2.05, 4.69) is 29.7 Å². The van der Waals surface area contributed by atoms with Crippen molar-refractivity contribution < 1.29 is 4.74 Å². The van der Waals surface area contributed by atoms with Crippen LogP contribution in [0.2, 0.25) is 0 Å². The Hall–Kier alpha value is -0.900. The molecular formula is C15H24N2O. The van der Waals surface area contributed by atoms with Crippen LogP contribution in [0.5, 0.6) is 0 Å². The largest absolute Gasteiger partial charge is 0.385 e. The molecule has 0 radical (unpaired) electrons. The van der Waals surface area contributed by atoms with Crippen molar-refractivity contribution in [2.45, 2.75) is 44.1 Å². The first-order valence-electron chi connectivity index (χ1n) is 6.88. The summed E-state index contributed by atoms with van der Waals surface area (Å²) in [4.78, 5) is 0. The van der Waals surface area contributed by atoms with Crippen LogP contribution < -0.4 is 11.3 Å². The van der Waals surface area contributed by atoms with Crippen LogP contribution in [0.25, 0.3) is 0 Å². The molecule has 0 heterocycles. The molecule has 1 aromatic carbocycles. The Labute approximate surface area is 110 Å². The number of fused-ring (bicyclic) bond motifs is 1. The molecule has 2 unspecified atom stereocenters. The standard InChI is InChI=1S/C15H24N2O/c1-18-10-9-14(17-16)11-13-7-4-6-12-5-2-3-8-15(12)13/h2-3,5,8,13-14,17H,4,6-7,9-11,16H2,1H3. The van der Waals surface area contributed by atoms with E-state index in [9.17, 15) is 0 Å². The molecule has 0 amide bonds. The molecule has 0 saturated carbocycles. The van der Waals surface area contributed by atoms with E-state index in [1.54, 1.807) is 7.11 Å². The van der Waals surface area contributed by atoms with E-state index < -0.39 is 0 Å². The third-order valence-corrected chi connectivity index (χ3v) is 3.97. The first kappa shape index (κ1) is 13.5. The zero-order valence-electron chi connectivity index (χ0n) is 11.2. The van der Waals surface area contributed by atoms with Crippen molar-refractivity contribution in [2.24, 2.45) is 5.84 Å². The lowest BCUT2D eigenvalue weighted by Crippen LogP contribution is -2.37. The van der Waals surface area contributed by atoms with Crippen LogP contribution in [0, 0.1) is 0 Å². The third kappa shape index (κ3) is 3.31. The minimum absolute atomic E-state index is 0.348. The maximum atomic E-state index is 5.65. The molecule has 2 atom stereocenters. The summed E-state index contributed by atoms with van der Waals surface area (Å²) in [6.07, 6.45) is 5.89. The maximum Gasteiger partial charge on any atom is 0.0477 e.